The van der Waals surface area contributed by atoms with Gasteiger partial charge in [0.2, 0.25) is 0 Å². The van der Waals surface area contributed by atoms with Crippen molar-refractivity contribution >= 4 is 23.1 Å². The first-order valence-electron chi connectivity index (χ1n) is 5.65. The van der Waals surface area contributed by atoms with Gasteiger partial charge in [-0.25, -0.2) is 0 Å². The van der Waals surface area contributed by atoms with Crippen LogP contribution >= 0.6 is 0 Å². The minimum Gasteiger partial charge on any atom is -0.540 e. The molecule has 2 rings (SSSR count). The second kappa shape index (κ2) is 4.15. The highest BCUT2D eigenvalue weighted by Crippen LogP contribution is 2.36. The van der Waals surface area contributed by atoms with E-state index in [9.17, 15) is 0 Å². The highest BCUT2D eigenvalue weighted by atomic mass is 28.2. The molecule has 1 aliphatic heterocycles. The Bertz CT molecular complexity index is 387. The van der Waals surface area contributed by atoms with Gasteiger partial charge >= 0.3 is 17.6 Å². The number of hydrogen-bond acceptors (Lipinski definition) is 3. The molecule has 1 aromatic carbocycles. The van der Waals surface area contributed by atoms with E-state index < -0.39 is 0 Å². The highest BCUT2D eigenvalue weighted by Gasteiger charge is 2.51. The highest BCUT2D eigenvalue weighted by molar-refractivity contribution is 6.62. The third kappa shape index (κ3) is 2.27. The van der Waals surface area contributed by atoms with Gasteiger partial charge < -0.3 is 13.7 Å². The molecule has 0 saturated carbocycles. The average molecular weight is 247 g/mol. The second-order valence-corrected chi connectivity index (χ2v) is 5.46. The van der Waals surface area contributed by atoms with Crippen LogP contribution < -0.4 is 9.89 Å². The Kier molecular flexibility index (Phi) is 3.10. The molecule has 0 aromatic heterocycles. The first-order chi connectivity index (χ1) is 7.86. The van der Waals surface area contributed by atoms with Crippen molar-refractivity contribution in [3.63, 3.8) is 0 Å². The lowest BCUT2D eigenvalue weighted by molar-refractivity contribution is 0.00578. The van der Waals surface area contributed by atoms with Crippen LogP contribution in [0.2, 0.25) is 0 Å². The molecule has 1 saturated heterocycles. The van der Waals surface area contributed by atoms with Crippen molar-refractivity contribution in [3.8, 4) is 5.75 Å². The fourth-order valence-electron chi connectivity index (χ4n) is 1.67. The van der Waals surface area contributed by atoms with Crippen molar-refractivity contribution < 1.29 is 13.7 Å². The van der Waals surface area contributed by atoms with Gasteiger partial charge in [-0.2, -0.15) is 0 Å². The molecule has 1 heterocycles. The zero-order valence-corrected chi connectivity index (χ0v) is 11.6. The molecule has 0 spiro atoms. The Balaban J connectivity index is 2.20. The molecule has 1 fully saturated rings. The predicted molar refractivity (Wildman–Crippen MR) is 68.5 cm³/mol. The van der Waals surface area contributed by atoms with Crippen molar-refractivity contribution in [1.82, 2.24) is 0 Å². The van der Waals surface area contributed by atoms with Crippen molar-refractivity contribution in [2.24, 2.45) is 0 Å². The third-order valence-electron chi connectivity index (χ3n) is 3.52. The molecule has 0 N–H and O–H groups in total. The molecule has 0 aliphatic carbocycles. The second-order valence-electron chi connectivity index (χ2n) is 5.26. The Morgan fingerprint density at radius 2 is 1.47 bits per heavy atom. The zero-order chi connectivity index (χ0) is 12.7. The largest absolute Gasteiger partial charge is 0.540 e. The van der Waals surface area contributed by atoms with E-state index in [-0.39, 0.29) is 18.3 Å². The van der Waals surface area contributed by atoms with E-state index in [1.54, 1.807) is 0 Å². The van der Waals surface area contributed by atoms with E-state index in [4.69, 9.17) is 13.7 Å². The molecular formula is C12H16BO3Si. The van der Waals surface area contributed by atoms with E-state index in [1.165, 1.54) is 0 Å². The van der Waals surface area contributed by atoms with Crippen LogP contribution in [-0.2, 0) is 9.31 Å². The van der Waals surface area contributed by atoms with E-state index in [0.29, 0.717) is 0 Å². The van der Waals surface area contributed by atoms with Gasteiger partial charge in [0.25, 0.3) is 0 Å². The van der Waals surface area contributed by atoms with Crippen LogP contribution in [0.3, 0.4) is 0 Å². The molecule has 1 aliphatic rings. The zero-order valence-electron chi connectivity index (χ0n) is 10.6. The van der Waals surface area contributed by atoms with Crippen LogP contribution in [0.15, 0.2) is 24.3 Å². The molecule has 0 atom stereocenters. The summed E-state index contributed by atoms with van der Waals surface area (Å²) in [5.41, 5.74) is 0.389. The van der Waals surface area contributed by atoms with Crippen LogP contribution in [0, 0.1) is 0 Å². The minimum atomic E-state index is -0.316. The normalized spacial score (nSPS) is 21.6. The van der Waals surface area contributed by atoms with E-state index in [2.05, 4.69) is 10.5 Å². The molecule has 17 heavy (non-hydrogen) atoms. The Hall–Kier alpha value is -0.778. The average Bonchev–Trinajstić information content (AvgIpc) is 2.48. The summed E-state index contributed by atoms with van der Waals surface area (Å²) in [6, 6.07) is 7.62. The summed E-state index contributed by atoms with van der Waals surface area (Å²) in [6.45, 7) is 8.18. The maximum atomic E-state index is 5.95. The lowest BCUT2D eigenvalue weighted by Gasteiger charge is -2.32. The fraction of sp³-hybridized carbons (Fsp3) is 0.500. The third-order valence-corrected chi connectivity index (χ3v) is 3.76. The Labute approximate surface area is 106 Å². The molecule has 0 bridgehead atoms. The Morgan fingerprint density at radius 1 is 1.00 bits per heavy atom. The van der Waals surface area contributed by atoms with Gasteiger partial charge in [0.15, 0.2) is 0 Å². The smallest absolute Gasteiger partial charge is 0.494 e. The van der Waals surface area contributed by atoms with Gasteiger partial charge in [-0.1, -0.05) is 12.1 Å². The van der Waals surface area contributed by atoms with Gasteiger partial charge in [-0.3, -0.25) is 0 Å². The lowest BCUT2D eigenvalue weighted by Crippen LogP contribution is -2.41. The van der Waals surface area contributed by atoms with Gasteiger partial charge in [-0.05, 0) is 45.3 Å². The SMILES string of the molecule is CC1(C)OB(c2ccc(O[Si])cc2)OC1(C)C. The lowest BCUT2D eigenvalue weighted by atomic mass is 9.79. The maximum absolute atomic E-state index is 5.95. The summed E-state index contributed by atoms with van der Waals surface area (Å²) >= 11 is 0. The van der Waals surface area contributed by atoms with Gasteiger partial charge in [0.05, 0.1) is 11.2 Å². The van der Waals surface area contributed by atoms with E-state index in [0.717, 1.165) is 11.2 Å². The minimum absolute atomic E-state index is 0.304. The number of rotatable bonds is 2. The number of hydrogen-bond donors (Lipinski definition) is 0. The molecule has 1 aromatic rings. The summed E-state index contributed by atoms with van der Waals surface area (Å²) < 4.78 is 16.8. The standard InChI is InChI=1S/C12H16BO3Si/c1-11(2)12(3,4)16-13(15-11)9-5-7-10(14-17)8-6-9/h5-8H,1-4H3. The van der Waals surface area contributed by atoms with Crippen LogP contribution in [0.4, 0.5) is 0 Å². The maximum Gasteiger partial charge on any atom is 0.494 e. The molecule has 5 heteroatoms. The first kappa shape index (κ1) is 12.7. The number of benzene rings is 1. The predicted octanol–water partition coefficient (Wildman–Crippen LogP) is 1.45. The van der Waals surface area contributed by atoms with Crippen LogP contribution in [0.1, 0.15) is 27.7 Å². The summed E-state index contributed by atoms with van der Waals surface area (Å²) in [4.78, 5) is 0. The molecular weight excluding hydrogens is 231 g/mol. The molecule has 0 amide bonds. The molecule has 0 unspecified atom stereocenters. The fourth-order valence-corrected chi connectivity index (χ4v) is 1.81. The quantitative estimate of drug-likeness (QED) is 0.740. The summed E-state index contributed by atoms with van der Waals surface area (Å²) in [5, 5.41) is 0. The van der Waals surface area contributed by atoms with Crippen molar-refractivity contribution in [3.05, 3.63) is 24.3 Å². The van der Waals surface area contributed by atoms with Crippen LogP contribution in [-0.4, -0.2) is 28.8 Å². The summed E-state index contributed by atoms with van der Waals surface area (Å²) in [6.07, 6.45) is 0. The van der Waals surface area contributed by atoms with Crippen molar-refractivity contribution in [1.29, 1.82) is 0 Å². The summed E-state index contributed by atoms with van der Waals surface area (Å²) in [7, 11) is 2.67. The van der Waals surface area contributed by atoms with Gasteiger partial charge in [0.1, 0.15) is 5.75 Å². The summed E-state index contributed by atoms with van der Waals surface area (Å²) in [5.74, 6) is 0.752. The van der Waals surface area contributed by atoms with Crippen LogP contribution in [0.5, 0.6) is 5.75 Å². The first-order valence-corrected chi connectivity index (χ1v) is 6.06. The van der Waals surface area contributed by atoms with E-state index >= 15 is 0 Å². The van der Waals surface area contributed by atoms with Crippen molar-refractivity contribution in [2.45, 2.75) is 38.9 Å². The van der Waals surface area contributed by atoms with Crippen LogP contribution in [0.25, 0.3) is 0 Å². The van der Waals surface area contributed by atoms with Gasteiger partial charge in [0, 0.05) is 0 Å². The topological polar surface area (TPSA) is 27.7 Å². The van der Waals surface area contributed by atoms with E-state index in [1.807, 2.05) is 52.0 Å². The van der Waals surface area contributed by atoms with Crippen molar-refractivity contribution in [2.75, 3.05) is 0 Å². The van der Waals surface area contributed by atoms with Gasteiger partial charge in [-0.15, -0.1) is 0 Å². The molecule has 3 radical (unpaired) electrons. The Morgan fingerprint density at radius 3 is 1.88 bits per heavy atom. The monoisotopic (exact) mass is 247 g/mol. The molecule has 3 nitrogen and oxygen atoms in total. The molecule has 89 valence electrons.